The van der Waals surface area contributed by atoms with Gasteiger partial charge in [0.15, 0.2) is 0 Å². The Bertz CT molecular complexity index is 131. The van der Waals surface area contributed by atoms with Crippen LogP contribution in [-0.4, -0.2) is 34.1 Å². The Labute approximate surface area is 81.4 Å². The SMILES string of the molecule is CC.CC1CCCN(C(C)(O)O)C1. The second-order valence-corrected chi connectivity index (χ2v) is 3.66. The lowest BCUT2D eigenvalue weighted by atomic mass is 10.00. The molecule has 1 rings (SSSR count). The molecular formula is C10H23NO2. The number of nitrogens with zero attached hydrogens (tertiary/aromatic N) is 1. The zero-order valence-corrected chi connectivity index (χ0v) is 9.25. The molecule has 2 N–H and O–H groups in total. The second kappa shape index (κ2) is 5.58. The molecule has 1 fully saturated rings. The number of rotatable bonds is 1. The highest BCUT2D eigenvalue weighted by Crippen LogP contribution is 2.20. The first-order valence-electron chi connectivity index (χ1n) is 5.20. The minimum atomic E-state index is -1.62. The monoisotopic (exact) mass is 189 g/mol. The van der Waals surface area contributed by atoms with Crippen LogP contribution in [0.2, 0.25) is 0 Å². The molecule has 0 saturated carbocycles. The van der Waals surface area contributed by atoms with Crippen molar-refractivity contribution in [3.63, 3.8) is 0 Å². The Morgan fingerprint density at radius 1 is 1.31 bits per heavy atom. The van der Waals surface area contributed by atoms with E-state index in [2.05, 4.69) is 6.92 Å². The highest BCUT2D eigenvalue weighted by atomic mass is 16.5. The van der Waals surface area contributed by atoms with Crippen LogP contribution >= 0.6 is 0 Å². The molecule has 80 valence electrons. The molecule has 0 aromatic rings. The molecule has 0 spiro atoms. The maximum absolute atomic E-state index is 9.24. The van der Waals surface area contributed by atoms with Crippen LogP contribution in [0, 0.1) is 5.92 Å². The van der Waals surface area contributed by atoms with Gasteiger partial charge in [0.05, 0.1) is 0 Å². The largest absolute Gasteiger partial charge is 0.353 e. The van der Waals surface area contributed by atoms with E-state index >= 15 is 0 Å². The quantitative estimate of drug-likeness (QED) is 0.613. The second-order valence-electron chi connectivity index (χ2n) is 3.66. The van der Waals surface area contributed by atoms with Gasteiger partial charge in [0.2, 0.25) is 5.91 Å². The lowest BCUT2D eigenvalue weighted by molar-refractivity contribution is -0.257. The van der Waals surface area contributed by atoms with Gasteiger partial charge in [0.1, 0.15) is 0 Å². The van der Waals surface area contributed by atoms with Crippen molar-refractivity contribution in [3.05, 3.63) is 0 Å². The summed E-state index contributed by atoms with van der Waals surface area (Å²) >= 11 is 0. The van der Waals surface area contributed by atoms with Gasteiger partial charge in [0, 0.05) is 20.0 Å². The third-order valence-electron chi connectivity index (χ3n) is 2.26. The smallest absolute Gasteiger partial charge is 0.221 e. The average Bonchev–Trinajstić information content (AvgIpc) is 2.06. The predicted octanol–water partition coefficient (Wildman–Crippen LogP) is 1.40. The topological polar surface area (TPSA) is 43.7 Å². The summed E-state index contributed by atoms with van der Waals surface area (Å²) in [5, 5.41) is 18.5. The molecule has 0 aliphatic carbocycles. The summed E-state index contributed by atoms with van der Waals surface area (Å²) in [6, 6.07) is 0. The molecule has 0 bridgehead atoms. The summed E-state index contributed by atoms with van der Waals surface area (Å²) < 4.78 is 0. The van der Waals surface area contributed by atoms with Gasteiger partial charge in [-0.3, -0.25) is 4.90 Å². The van der Waals surface area contributed by atoms with Crippen LogP contribution in [0.25, 0.3) is 0 Å². The van der Waals surface area contributed by atoms with Crippen molar-refractivity contribution in [1.82, 2.24) is 4.90 Å². The van der Waals surface area contributed by atoms with E-state index in [0.29, 0.717) is 5.92 Å². The Morgan fingerprint density at radius 3 is 2.15 bits per heavy atom. The number of likely N-dealkylation sites (tertiary alicyclic amines) is 1. The molecule has 0 amide bonds. The lowest BCUT2D eigenvalue weighted by Gasteiger charge is -2.37. The van der Waals surface area contributed by atoms with Gasteiger partial charge in [-0.2, -0.15) is 0 Å². The summed E-state index contributed by atoms with van der Waals surface area (Å²) in [5.74, 6) is -1.03. The fraction of sp³-hybridized carbons (Fsp3) is 1.00. The highest BCUT2D eigenvalue weighted by molar-refractivity contribution is 4.72. The Kier molecular flexibility index (Phi) is 5.53. The Hall–Kier alpha value is -0.120. The van der Waals surface area contributed by atoms with Crippen LogP contribution in [-0.2, 0) is 0 Å². The first-order chi connectivity index (χ1) is 6.00. The summed E-state index contributed by atoms with van der Waals surface area (Å²) in [4.78, 5) is 1.71. The number of aliphatic hydroxyl groups is 2. The number of piperidine rings is 1. The van der Waals surface area contributed by atoms with Crippen molar-refractivity contribution in [1.29, 1.82) is 0 Å². The number of hydrogen-bond donors (Lipinski definition) is 2. The standard InChI is InChI=1S/C8H17NO2.C2H6/c1-7-4-3-5-9(6-7)8(2,10)11;1-2/h7,10-11H,3-6H2,1-2H3;1-2H3. The van der Waals surface area contributed by atoms with Gasteiger partial charge >= 0.3 is 0 Å². The van der Waals surface area contributed by atoms with Crippen molar-refractivity contribution in [3.8, 4) is 0 Å². The highest BCUT2D eigenvalue weighted by Gasteiger charge is 2.29. The molecule has 1 heterocycles. The van der Waals surface area contributed by atoms with Gasteiger partial charge in [-0.05, 0) is 18.8 Å². The molecule has 13 heavy (non-hydrogen) atoms. The molecule has 1 unspecified atom stereocenters. The van der Waals surface area contributed by atoms with Crippen molar-refractivity contribution in [2.75, 3.05) is 13.1 Å². The molecular weight excluding hydrogens is 166 g/mol. The maximum atomic E-state index is 9.24. The van der Waals surface area contributed by atoms with Gasteiger partial charge < -0.3 is 10.2 Å². The lowest BCUT2D eigenvalue weighted by Crippen LogP contribution is -2.50. The van der Waals surface area contributed by atoms with Gasteiger partial charge in [0.25, 0.3) is 0 Å². The van der Waals surface area contributed by atoms with E-state index in [9.17, 15) is 10.2 Å². The van der Waals surface area contributed by atoms with Crippen molar-refractivity contribution >= 4 is 0 Å². The van der Waals surface area contributed by atoms with Crippen molar-refractivity contribution in [2.24, 2.45) is 5.92 Å². The van der Waals surface area contributed by atoms with Crippen LogP contribution in [0.1, 0.15) is 40.5 Å². The Morgan fingerprint density at radius 2 is 1.85 bits per heavy atom. The minimum Gasteiger partial charge on any atom is -0.353 e. The zero-order valence-electron chi connectivity index (χ0n) is 9.25. The Balaban J connectivity index is 0.000000671. The van der Waals surface area contributed by atoms with E-state index in [1.165, 1.54) is 13.3 Å². The van der Waals surface area contributed by atoms with E-state index in [-0.39, 0.29) is 0 Å². The molecule has 0 aromatic carbocycles. The molecule has 1 saturated heterocycles. The van der Waals surface area contributed by atoms with Crippen LogP contribution in [0.4, 0.5) is 0 Å². The van der Waals surface area contributed by atoms with Gasteiger partial charge in [-0.25, -0.2) is 0 Å². The molecule has 0 aromatic heterocycles. The average molecular weight is 189 g/mol. The minimum absolute atomic E-state index is 0.586. The van der Waals surface area contributed by atoms with E-state index < -0.39 is 5.91 Å². The van der Waals surface area contributed by atoms with Crippen LogP contribution in [0.3, 0.4) is 0 Å². The number of hydrogen-bond acceptors (Lipinski definition) is 3. The summed E-state index contributed by atoms with van der Waals surface area (Å²) in [7, 11) is 0. The fourth-order valence-corrected chi connectivity index (χ4v) is 1.57. The fourth-order valence-electron chi connectivity index (χ4n) is 1.57. The van der Waals surface area contributed by atoms with E-state index in [4.69, 9.17) is 0 Å². The summed E-state index contributed by atoms with van der Waals surface area (Å²) in [5.41, 5.74) is 0. The van der Waals surface area contributed by atoms with Crippen LogP contribution < -0.4 is 0 Å². The van der Waals surface area contributed by atoms with E-state index in [1.54, 1.807) is 4.90 Å². The molecule has 1 atom stereocenters. The maximum Gasteiger partial charge on any atom is 0.221 e. The molecule has 0 radical (unpaired) electrons. The van der Waals surface area contributed by atoms with E-state index in [1.807, 2.05) is 13.8 Å². The molecule has 1 aliphatic rings. The third-order valence-corrected chi connectivity index (χ3v) is 2.26. The zero-order chi connectivity index (χ0) is 10.5. The van der Waals surface area contributed by atoms with Gasteiger partial charge in [-0.15, -0.1) is 0 Å². The molecule has 3 heteroatoms. The van der Waals surface area contributed by atoms with Crippen LogP contribution in [0.5, 0.6) is 0 Å². The summed E-state index contributed by atoms with van der Waals surface area (Å²) in [6.07, 6.45) is 2.27. The first kappa shape index (κ1) is 12.9. The first-order valence-corrected chi connectivity index (χ1v) is 5.20. The normalized spacial score (nSPS) is 24.9. The summed E-state index contributed by atoms with van der Waals surface area (Å²) in [6.45, 7) is 9.15. The van der Waals surface area contributed by atoms with Crippen molar-refractivity contribution in [2.45, 2.75) is 46.4 Å². The predicted molar refractivity (Wildman–Crippen MR) is 54.2 cm³/mol. The molecule has 3 nitrogen and oxygen atoms in total. The van der Waals surface area contributed by atoms with Crippen LogP contribution in [0.15, 0.2) is 0 Å². The van der Waals surface area contributed by atoms with Crippen molar-refractivity contribution < 1.29 is 10.2 Å². The molecule has 1 aliphatic heterocycles. The van der Waals surface area contributed by atoms with Gasteiger partial charge in [-0.1, -0.05) is 20.8 Å². The third kappa shape index (κ3) is 4.60. The van der Waals surface area contributed by atoms with E-state index in [0.717, 1.165) is 19.5 Å².